The summed E-state index contributed by atoms with van der Waals surface area (Å²) >= 11 is 0. The van der Waals surface area contributed by atoms with Crippen LogP contribution in [0.1, 0.15) is 242 Å². The van der Waals surface area contributed by atoms with E-state index < -0.39 is 0 Å². The van der Waals surface area contributed by atoms with E-state index in [-0.39, 0.29) is 0 Å². The van der Waals surface area contributed by atoms with Crippen molar-refractivity contribution < 1.29 is 0 Å². The Kier molecular flexibility index (Phi) is 53.5. The molecule has 70 heavy (non-hydrogen) atoms. The first-order valence-electron chi connectivity index (χ1n) is 28.3. The van der Waals surface area contributed by atoms with E-state index >= 15 is 0 Å². The third-order valence-corrected chi connectivity index (χ3v) is 13.8. The molecule has 0 aliphatic heterocycles. The van der Waals surface area contributed by atoms with E-state index in [0.29, 0.717) is 23.7 Å². The summed E-state index contributed by atoms with van der Waals surface area (Å²) < 4.78 is 0. The van der Waals surface area contributed by atoms with Crippen molar-refractivity contribution >= 4 is 0 Å². The van der Waals surface area contributed by atoms with E-state index in [9.17, 15) is 0 Å². The fourth-order valence-corrected chi connectivity index (χ4v) is 9.03. The van der Waals surface area contributed by atoms with Crippen LogP contribution < -0.4 is 0 Å². The van der Waals surface area contributed by atoms with E-state index in [1.807, 2.05) is 69.2 Å². The van der Waals surface area contributed by atoms with Crippen molar-refractivity contribution in [3.05, 3.63) is 36.5 Å². The molecule has 0 amide bonds. The third kappa shape index (κ3) is 39.8. The molecule has 8 atom stereocenters. The number of hydrogen-bond acceptors (Lipinski definition) is 0. The molecule has 3 aliphatic rings. The first-order chi connectivity index (χ1) is 33.6. The molecule has 0 fully saturated rings. The fourth-order valence-electron chi connectivity index (χ4n) is 9.03. The molecule has 0 saturated carbocycles. The van der Waals surface area contributed by atoms with Gasteiger partial charge in [0.2, 0.25) is 0 Å². The molecule has 0 saturated heterocycles. The summed E-state index contributed by atoms with van der Waals surface area (Å²) in [5.74, 6) is 54.0. The van der Waals surface area contributed by atoms with Gasteiger partial charge < -0.3 is 0 Å². The van der Waals surface area contributed by atoms with Crippen molar-refractivity contribution in [2.45, 2.75) is 242 Å². The maximum absolute atomic E-state index is 3.40. The smallest absolute Gasteiger partial charge is 0.0123 e. The molecule has 0 spiro atoms. The average Bonchev–Trinajstić information content (AvgIpc) is 3.70. The lowest BCUT2D eigenvalue weighted by Gasteiger charge is -2.25. The van der Waals surface area contributed by atoms with Crippen molar-refractivity contribution in [3.63, 3.8) is 0 Å². The number of rotatable bonds is 10. The van der Waals surface area contributed by atoms with Crippen LogP contribution >= 0.6 is 0 Å². The van der Waals surface area contributed by atoms with Gasteiger partial charge in [0.1, 0.15) is 0 Å². The van der Waals surface area contributed by atoms with Crippen LogP contribution in [-0.2, 0) is 0 Å². The van der Waals surface area contributed by atoms with Crippen molar-refractivity contribution in [1.82, 2.24) is 0 Å². The lowest BCUT2D eigenvalue weighted by atomic mass is 9.78. The Balaban J connectivity index is -0.000000389. The molecule has 394 valence electrons. The Hall–Kier alpha value is -3.86. The second-order valence-electron chi connectivity index (χ2n) is 20.6. The molecule has 3 rings (SSSR count). The van der Waals surface area contributed by atoms with Crippen LogP contribution in [0.2, 0.25) is 0 Å². The van der Waals surface area contributed by atoms with Gasteiger partial charge in [0.05, 0.1) is 0 Å². The standard InChI is InChI=1S/C17H24.C16H26.2C13H20.C7H12.2C2H6/c1-6-9-12-15(4)17(14-11-8-3)16(5)13-10-7-2;1-13(2)9-5-8-12-16-14(3)10-6-7-11-15(16)4;2*1-4-5-10-13-11(2)8-6-7-9-12(13)3;1-4-5-6-7(2)3;2*1-2/h15-17H,12-14H2,1-5H3;6-7,13-16H,9-12H2,1-4H3;2*6-7,11-13H,8-10H2,1-3H3;7H,6H2,1-3H3;2*1-2H3. The van der Waals surface area contributed by atoms with Gasteiger partial charge in [0.15, 0.2) is 0 Å². The summed E-state index contributed by atoms with van der Waals surface area (Å²) in [5, 5.41) is 0. The van der Waals surface area contributed by atoms with Crippen molar-refractivity contribution in [2.24, 2.45) is 82.9 Å². The molecule has 0 aromatic carbocycles. The molecule has 0 nitrogen and oxygen atoms in total. The molecule has 8 unspecified atom stereocenters. The largest absolute Gasteiger partial charge is 0.107 e. The second kappa shape index (κ2) is 51.5. The summed E-state index contributed by atoms with van der Waals surface area (Å²) in [4.78, 5) is 0. The van der Waals surface area contributed by atoms with Gasteiger partial charge in [-0.25, -0.2) is 0 Å². The lowest BCUT2D eigenvalue weighted by Crippen LogP contribution is -2.19. The Morgan fingerprint density at radius 3 is 0.786 bits per heavy atom. The van der Waals surface area contributed by atoms with Crippen molar-refractivity contribution in [2.75, 3.05) is 0 Å². The predicted molar refractivity (Wildman–Crippen MR) is 320 cm³/mol. The minimum absolute atomic E-state index is 0.594. The van der Waals surface area contributed by atoms with Gasteiger partial charge in [-0.15, -0.1) is 82.9 Å². The highest BCUT2D eigenvalue weighted by Crippen LogP contribution is 2.34. The molecule has 0 aromatic heterocycles. The highest BCUT2D eigenvalue weighted by molar-refractivity contribution is 5.06. The van der Waals surface area contributed by atoms with Gasteiger partial charge in [-0.3, -0.25) is 0 Å². The van der Waals surface area contributed by atoms with Crippen LogP contribution in [0.3, 0.4) is 0 Å². The Morgan fingerprint density at radius 2 is 0.543 bits per heavy atom. The summed E-state index contributed by atoms with van der Waals surface area (Å²) in [6.45, 7) is 47.0. The normalized spacial score (nSPS) is 23.5. The number of allylic oxidation sites excluding steroid dienone is 6. The lowest BCUT2D eigenvalue weighted by molar-refractivity contribution is 0.267. The summed E-state index contributed by atoms with van der Waals surface area (Å²) in [5.41, 5.74) is 0. The first-order valence-corrected chi connectivity index (χ1v) is 28.3. The zero-order chi connectivity index (χ0) is 54.1. The van der Waals surface area contributed by atoms with Gasteiger partial charge in [-0.2, -0.15) is 0 Å². The van der Waals surface area contributed by atoms with Gasteiger partial charge in [-0.1, -0.05) is 147 Å². The van der Waals surface area contributed by atoms with Crippen LogP contribution in [0.5, 0.6) is 0 Å². The van der Waals surface area contributed by atoms with Gasteiger partial charge in [-0.05, 0) is 163 Å². The van der Waals surface area contributed by atoms with Crippen LogP contribution in [0.15, 0.2) is 36.5 Å². The third-order valence-electron chi connectivity index (χ3n) is 13.8. The van der Waals surface area contributed by atoms with Gasteiger partial charge >= 0.3 is 0 Å². The van der Waals surface area contributed by atoms with Gasteiger partial charge in [0, 0.05) is 51.4 Å². The topological polar surface area (TPSA) is 0 Å². The Morgan fingerprint density at radius 1 is 0.314 bits per heavy atom. The fraction of sp³-hybridized carbons (Fsp3) is 0.714. The first kappa shape index (κ1) is 72.7. The molecular formula is C70H114. The van der Waals surface area contributed by atoms with Crippen LogP contribution in [0, 0.1) is 166 Å². The highest BCUT2D eigenvalue weighted by atomic mass is 14.3. The number of hydrogen-bond donors (Lipinski definition) is 0. The maximum Gasteiger partial charge on any atom is 0.0123 e. The minimum Gasteiger partial charge on any atom is -0.107 e. The zero-order valence-electron chi connectivity index (χ0n) is 50.4. The molecule has 0 aromatic rings. The van der Waals surface area contributed by atoms with E-state index in [0.717, 1.165) is 111 Å². The second-order valence-corrected chi connectivity index (χ2v) is 20.6. The summed E-state index contributed by atoms with van der Waals surface area (Å²) in [6.07, 6.45) is 29.7. The molecule has 3 aliphatic carbocycles. The Bertz CT molecular complexity index is 1660. The quantitative estimate of drug-likeness (QED) is 0.151. The predicted octanol–water partition coefficient (Wildman–Crippen LogP) is 20.2. The molecule has 0 bridgehead atoms. The summed E-state index contributed by atoms with van der Waals surface area (Å²) in [6, 6.07) is 0. The maximum atomic E-state index is 3.40. The molecular weight excluding hydrogens is 841 g/mol. The minimum atomic E-state index is 0.594. The van der Waals surface area contributed by atoms with Crippen LogP contribution in [0.25, 0.3) is 0 Å². The van der Waals surface area contributed by atoms with E-state index in [4.69, 9.17) is 0 Å². The molecule has 0 heterocycles. The van der Waals surface area contributed by atoms with Gasteiger partial charge in [0.25, 0.3) is 0 Å². The van der Waals surface area contributed by atoms with E-state index in [1.54, 1.807) is 0 Å². The average molecular weight is 956 g/mol. The van der Waals surface area contributed by atoms with E-state index in [2.05, 4.69) is 202 Å². The van der Waals surface area contributed by atoms with Crippen molar-refractivity contribution in [1.29, 1.82) is 0 Å². The molecule has 0 N–H and O–H groups in total. The van der Waals surface area contributed by atoms with Crippen LogP contribution in [0.4, 0.5) is 0 Å². The molecule has 0 radical (unpaired) electrons. The monoisotopic (exact) mass is 955 g/mol. The van der Waals surface area contributed by atoms with E-state index in [1.165, 1.54) is 38.5 Å². The van der Waals surface area contributed by atoms with Crippen LogP contribution in [-0.4, -0.2) is 0 Å². The summed E-state index contributed by atoms with van der Waals surface area (Å²) in [7, 11) is 0. The highest BCUT2D eigenvalue weighted by Gasteiger charge is 2.25. The Labute approximate surface area is 442 Å². The van der Waals surface area contributed by atoms with Crippen molar-refractivity contribution in [3.8, 4) is 82.9 Å². The molecule has 0 heteroatoms. The SMILES string of the molecule is CC.CC.CC#CCC(C)C.CC#CCC(C)C(CC#CC)C(C)CC#CC.CC#CCC1C(C)CC=CCC1C.CC#CCC1C(C)CC=CCC1C.CC(C)CC#CCC1C(C)CC=CCC1C. The zero-order valence-corrected chi connectivity index (χ0v) is 50.4.